The van der Waals surface area contributed by atoms with E-state index in [0.717, 1.165) is 50.2 Å². The number of nitrogens with one attached hydrogen (secondary N) is 1. The second-order valence-corrected chi connectivity index (χ2v) is 7.74. The van der Waals surface area contributed by atoms with Gasteiger partial charge in [0.15, 0.2) is 0 Å². The topological polar surface area (TPSA) is 45.2 Å². The molecule has 0 bridgehead atoms. The first-order valence-electron chi connectivity index (χ1n) is 9.99. The molecule has 4 nitrogen and oxygen atoms in total. The van der Waals surface area contributed by atoms with E-state index in [9.17, 15) is 13.6 Å². The highest BCUT2D eigenvalue weighted by Gasteiger charge is 2.48. The highest BCUT2D eigenvalue weighted by atomic mass is 19.1. The lowest BCUT2D eigenvalue weighted by Gasteiger charge is -2.31. The van der Waals surface area contributed by atoms with Gasteiger partial charge in [0, 0.05) is 18.2 Å². The van der Waals surface area contributed by atoms with Crippen LogP contribution in [-0.4, -0.2) is 34.9 Å². The van der Waals surface area contributed by atoms with Crippen molar-refractivity contribution in [3.63, 3.8) is 0 Å². The van der Waals surface area contributed by atoms with Gasteiger partial charge in [-0.15, -0.1) is 0 Å². The molecule has 1 amide bonds. The smallest absolute Gasteiger partial charge is 0.226 e. The Morgan fingerprint density at radius 1 is 1.18 bits per heavy atom. The number of hydrogen-bond acceptors (Lipinski definition) is 3. The number of halogens is 2. The minimum Gasteiger partial charge on any atom is -0.334 e. The molecule has 2 fully saturated rings. The maximum absolute atomic E-state index is 14.1. The van der Waals surface area contributed by atoms with Crippen LogP contribution in [0.5, 0.6) is 0 Å². The van der Waals surface area contributed by atoms with Crippen LogP contribution in [0.2, 0.25) is 0 Å². The fourth-order valence-electron chi connectivity index (χ4n) is 4.19. The summed E-state index contributed by atoms with van der Waals surface area (Å²) in [6.45, 7) is 2.30. The molecule has 1 aliphatic carbocycles. The minimum absolute atomic E-state index is 0.0335. The number of nitrogens with zero attached hydrogens (tertiary/aromatic N) is 2. The molecule has 28 heavy (non-hydrogen) atoms. The van der Waals surface area contributed by atoms with E-state index in [0.29, 0.717) is 18.5 Å². The number of benzene rings is 1. The van der Waals surface area contributed by atoms with E-state index < -0.39 is 11.6 Å². The molecular formula is C22H25F2N3O. The van der Waals surface area contributed by atoms with Crippen molar-refractivity contribution >= 4 is 5.91 Å². The maximum Gasteiger partial charge on any atom is 0.226 e. The monoisotopic (exact) mass is 385 g/mol. The predicted molar refractivity (Wildman–Crippen MR) is 103 cm³/mol. The first kappa shape index (κ1) is 19.0. The summed E-state index contributed by atoms with van der Waals surface area (Å²) in [7, 11) is 0. The standard InChI is InChI=1S/C22H25F2N3O/c23-15-6-7-21(24)19(12-15)18-13-20(18)22(28)27(14-16-4-1-2-10-26-16)17-5-3-9-25-11-8-17/h1-2,4,6-7,10,12,17-18,20,25H,3,5,8-9,11,13-14H2. The lowest BCUT2D eigenvalue weighted by molar-refractivity contribution is -0.136. The second kappa shape index (κ2) is 8.35. The van der Waals surface area contributed by atoms with Crippen LogP contribution < -0.4 is 5.32 Å². The molecule has 3 unspecified atom stereocenters. The molecule has 1 N–H and O–H groups in total. The summed E-state index contributed by atoms with van der Waals surface area (Å²) < 4.78 is 27.7. The van der Waals surface area contributed by atoms with Crippen LogP contribution in [0.3, 0.4) is 0 Å². The zero-order valence-corrected chi connectivity index (χ0v) is 15.8. The molecular weight excluding hydrogens is 360 g/mol. The van der Waals surface area contributed by atoms with E-state index in [1.165, 1.54) is 6.07 Å². The van der Waals surface area contributed by atoms with E-state index in [-0.39, 0.29) is 23.8 Å². The molecule has 0 radical (unpaired) electrons. The van der Waals surface area contributed by atoms with Crippen LogP contribution in [-0.2, 0) is 11.3 Å². The number of hydrogen-bond donors (Lipinski definition) is 1. The zero-order valence-electron chi connectivity index (χ0n) is 15.8. The molecule has 0 spiro atoms. The van der Waals surface area contributed by atoms with Crippen molar-refractivity contribution < 1.29 is 13.6 Å². The third-order valence-electron chi connectivity index (χ3n) is 5.79. The van der Waals surface area contributed by atoms with Gasteiger partial charge in [-0.2, -0.15) is 0 Å². The van der Waals surface area contributed by atoms with Gasteiger partial charge in [-0.1, -0.05) is 6.07 Å². The number of rotatable bonds is 5. The van der Waals surface area contributed by atoms with Gasteiger partial charge >= 0.3 is 0 Å². The van der Waals surface area contributed by atoms with Crippen molar-refractivity contribution in [1.82, 2.24) is 15.2 Å². The molecule has 148 valence electrons. The van der Waals surface area contributed by atoms with Crippen LogP contribution in [0.15, 0.2) is 42.6 Å². The average molecular weight is 385 g/mol. The Kier molecular flexibility index (Phi) is 5.67. The molecule has 3 atom stereocenters. The third-order valence-corrected chi connectivity index (χ3v) is 5.79. The predicted octanol–water partition coefficient (Wildman–Crippen LogP) is 3.63. The number of carbonyl (C=O) groups is 1. The molecule has 2 aliphatic rings. The molecule has 1 aromatic heterocycles. The van der Waals surface area contributed by atoms with Crippen LogP contribution in [0, 0.1) is 17.6 Å². The van der Waals surface area contributed by atoms with Gasteiger partial charge in [0.2, 0.25) is 5.91 Å². The number of aromatic nitrogens is 1. The SMILES string of the molecule is O=C(C1CC1c1cc(F)ccc1F)N(Cc1ccccn1)C1CCCNCC1. The zero-order chi connectivity index (χ0) is 19.5. The number of pyridine rings is 1. The second-order valence-electron chi connectivity index (χ2n) is 7.74. The molecule has 1 aliphatic heterocycles. The third kappa shape index (κ3) is 4.22. The number of carbonyl (C=O) groups excluding carboxylic acids is 1. The first-order chi connectivity index (χ1) is 13.6. The van der Waals surface area contributed by atoms with E-state index >= 15 is 0 Å². The normalized spacial score (nSPS) is 24.4. The van der Waals surface area contributed by atoms with Crippen molar-refractivity contribution in [2.75, 3.05) is 13.1 Å². The summed E-state index contributed by atoms with van der Waals surface area (Å²) in [6, 6.07) is 9.33. The summed E-state index contributed by atoms with van der Waals surface area (Å²) >= 11 is 0. The van der Waals surface area contributed by atoms with E-state index in [1.54, 1.807) is 6.20 Å². The molecule has 1 saturated heterocycles. The lowest BCUT2D eigenvalue weighted by atomic mass is 10.0. The molecule has 4 rings (SSSR count). The summed E-state index contributed by atoms with van der Waals surface area (Å²) in [5.74, 6) is -1.38. The van der Waals surface area contributed by atoms with Crippen LogP contribution >= 0.6 is 0 Å². The Morgan fingerprint density at radius 3 is 2.89 bits per heavy atom. The fraction of sp³-hybridized carbons (Fsp3) is 0.455. The van der Waals surface area contributed by atoms with Crippen molar-refractivity contribution in [3.8, 4) is 0 Å². The molecule has 2 heterocycles. The maximum atomic E-state index is 14.1. The minimum atomic E-state index is -0.463. The van der Waals surface area contributed by atoms with Gasteiger partial charge in [0.25, 0.3) is 0 Å². The van der Waals surface area contributed by atoms with Gasteiger partial charge in [-0.25, -0.2) is 8.78 Å². The first-order valence-corrected chi connectivity index (χ1v) is 9.99. The summed E-state index contributed by atoms with van der Waals surface area (Å²) in [4.78, 5) is 19.7. The highest BCUT2D eigenvalue weighted by molar-refractivity contribution is 5.83. The Bertz CT molecular complexity index is 822. The van der Waals surface area contributed by atoms with Crippen molar-refractivity contribution in [2.24, 2.45) is 5.92 Å². The quantitative estimate of drug-likeness (QED) is 0.855. The summed E-state index contributed by atoms with van der Waals surface area (Å²) in [5.41, 5.74) is 1.17. The van der Waals surface area contributed by atoms with Gasteiger partial charge in [0.1, 0.15) is 11.6 Å². The van der Waals surface area contributed by atoms with Crippen LogP contribution in [0.25, 0.3) is 0 Å². The van der Waals surface area contributed by atoms with Gasteiger partial charge in [0.05, 0.1) is 12.2 Å². The van der Waals surface area contributed by atoms with Crippen LogP contribution in [0.1, 0.15) is 42.9 Å². The van der Waals surface area contributed by atoms with E-state index in [2.05, 4.69) is 10.3 Å². The highest BCUT2D eigenvalue weighted by Crippen LogP contribution is 2.50. The largest absolute Gasteiger partial charge is 0.334 e. The van der Waals surface area contributed by atoms with Gasteiger partial charge in [-0.3, -0.25) is 9.78 Å². The summed E-state index contributed by atoms with van der Waals surface area (Å²) in [6.07, 6.45) is 5.16. The average Bonchev–Trinajstić information content (AvgIpc) is 3.52. The van der Waals surface area contributed by atoms with E-state index in [1.807, 2.05) is 23.1 Å². The Balaban J connectivity index is 1.54. The van der Waals surface area contributed by atoms with Crippen molar-refractivity contribution in [3.05, 3.63) is 65.5 Å². The van der Waals surface area contributed by atoms with Crippen LogP contribution in [0.4, 0.5) is 8.78 Å². The van der Waals surface area contributed by atoms with Crippen molar-refractivity contribution in [2.45, 2.75) is 44.2 Å². The molecule has 1 aromatic carbocycles. The Morgan fingerprint density at radius 2 is 2.07 bits per heavy atom. The van der Waals surface area contributed by atoms with Crippen molar-refractivity contribution in [1.29, 1.82) is 0 Å². The molecule has 1 saturated carbocycles. The van der Waals surface area contributed by atoms with Gasteiger partial charge < -0.3 is 10.2 Å². The number of amides is 1. The lowest BCUT2D eigenvalue weighted by Crippen LogP contribution is -2.41. The Labute approximate surface area is 164 Å². The van der Waals surface area contributed by atoms with E-state index in [4.69, 9.17) is 0 Å². The molecule has 2 aromatic rings. The Hall–Kier alpha value is -2.34. The fourth-order valence-corrected chi connectivity index (χ4v) is 4.19. The molecule has 6 heteroatoms. The summed E-state index contributed by atoms with van der Waals surface area (Å²) in [5, 5.41) is 3.38. The van der Waals surface area contributed by atoms with Gasteiger partial charge in [-0.05, 0) is 80.6 Å².